The molecule has 1 aliphatic carbocycles. The van der Waals surface area contributed by atoms with Crippen molar-refractivity contribution in [2.75, 3.05) is 0 Å². The lowest BCUT2D eigenvalue weighted by molar-refractivity contribution is 0.627. The second-order valence-corrected chi connectivity index (χ2v) is 10.9. The standard InChI is InChI=1S/C19H20S3/c1-11-6-9-15(20-11)12-7-8-14-17(10-12)22-18-13-4-2-3-5-16(13)21-19(14)18/h2-3,5,7-8,10-11,13,15,18-19H,4,6,9H2,1H3. The van der Waals surface area contributed by atoms with E-state index in [1.54, 1.807) is 20.9 Å². The number of benzene rings is 1. The quantitative estimate of drug-likeness (QED) is 0.581. The van der Waals surface area contributed by atoms with E-state index in [4.69, 9.17) is 0 Å². The Hall–Kier alpha value is -0.250. The van der Waals surface area contributed by atoms with Crippen molar-refractivity contribution in [1.29, 1.82) is 0 Å². The normalized spacial score (nSPS) is 38.6. The molecule has 0 spiro atoms. The van der Waals surface area contributed by atoms with Crippen LogP contribution in [-0.4, -0.2) is 10.5 Å². The molecule has 3 heteroatoms. The maximum atomic E-state index is 2.52. The van der Waals surface area contributed by atoms with Gasteiger partial charge < -0.3 is 0 Å². The number of hydrogen-bond donors (Lipinski definition) is 0. The minimum atomic E-state index is 0.695. The van der Waals surface area contributed by atoms with E-state index in [1.807, 2.05) is 0 Å². The van der Waals surface area contributed by atoms with Gasteiger partial charge in [0.2, 0.25) is 0 Å². The van der Waals surface area contributed by atoms with E-state index in [1.165, 1.54) is 19.3 Å². The van der Waals surface area contributed by atoms with Crippen LogP contribution in [0, 0.1) is 5.92 Å². The van der Waals surface area contributed by atoms with Crippen molar-refractivity contribution in [2.45, 2.75) is 52.1 Å². The van der Waals surface area contributed by atoms with Gasteiger partial charge in [-0.1, -0.05) is 37.3 Å². The van der Waals surface area contributed by atoms with Gasteiger partial charge in [-0.05, 0) is 41.4 Å². The van der Waals surface area contributed by atoms with Gasteiger partial charge >= 0.3 is 0 Å². The molecule has 22 heavy (non-hydrogen) atoms. The van der Waals surface area contributed by atoms with E-state index in [9.17, 15) is 0 Å². The number of hydrogen-bond acceptors (Lipinski definition) is 3. The van der Waals surface area contributed by atoms with Crippen LogP contribution in [0.25, 0.3) is 0 Å². The zero-order chi connectivity index (χ0) is 14.7. The zero-order valence-corrected chi connectivity index (χ0v) is 15.1. The highest BCUT2D eigenvalue weighted by Crippen LogP contribution is 2.64. The summed E-state index contributed by atoms with van der Waals surface area (Å²) < 4.78 is 0. The van der Waals surface area contributed by atoms with Crippen LogP contribution in [0.3, 0.4) is 0 Å². The van der Waals surface area contributed by atoms with Crippen molar-refractivity contribution in [1.82, 2.24) is 0 Å². The Morgan fingerprint density at radius 1 is 1.14 bits per heavy atom. The number of thioether (sulfide) groups is 3. The molecule has 0 saturated carbocycles. The lowest BCUT2D eigenvalue weighted by atomic mass is 9.93. The molecular formula is C19H20S3. The van der Waals surface area contributed by atoms with Gasteiger partial charge in [-0.3, -0.25) is 0 Å². The maximum Gasteiger partial charge on any atom is 0.0480 e. The molecule has 0 nitrogen and oxygen atoms in total. The Morgan fingerprint density at radius 2 is 2.09 bits per heavy atom. The minimum Gasteiger partial charge on any atom is -0.151 e. The van der Waals surface area contributed by atoms with Gasteiger partial charge in [-0.15, -0.1) is 23.5 Å². The predicted molar refractivity (Wildman–Crippen MR) is 101 cm³/mol. The third-order valence-corrected chi connectivity index (χ3v) is 10.0. The molecule has 4 aliphatic rings. The van der Waals surface area contributed by atoms with Crippen molar-refractivity contribution in [3.8, 4) is 0 Å². The highest BCUT2D eigenvalue weighted by atomic mass is 32.2. The summed E-state index contributed by atoms with van der Waals surface area (Å²) in [7, 11) is 0. The first-order chi connectivity index (χ1) is 10.8. The summed E-state index contributed by atoms with van der Waals surface area (Å²) in [6.07, 6.45) is 10.9. The van der Waals surface area contributed by atoms with Crippen LogP contribution in [0.2, 0.25) is 0 Å². The molecular weight excluding hydrogens is 324 g/mol. The van der Waals surface area contributed by atoms with Gasteiger partial charge in [0.1, 0.15) is 0 Å². The molecule has 0 N–H and O–H groups in total. The maximum absolute atomic E-state index is 2.52. The first-order valence-electron chi connectivity index (χ1n) is 8.29. The van der Waals surface area contributed by atoms with Crippen LogP contribution < -0.4 is 0 Å². The van der Waals surface area contributed by atoms with Gasteiger partial charge in [0.15, 0.2) is 0 Å². The molecule has 0 amide bonds. The number of rotatable bonds is 1. The van der Waals surface area contributed by atoms with Gasteiger partial charge in [0.25, 0.3) is 0 Å². The molecule has 0 aromatic heterocycles. The van der Waals surface area contributed by atoms with E-state index >= 15 is 0 Å². The van der Waals surface area contributed by atoms with Crippen LogP contribution in [0.15, 0.2) is 46.2 Å². The predicted octanol–water partition coefficient (Wildman–Crippen LogP) is 6.37. The largest absolute Gasteiger partial charge is 0.151 e. The molecule has 5 rings (SSSR count). The highest BCUT2D eigenvalue weighted by Gasteiger charge is 2.46. The minimum absolute atomic E-state index is 0.695. The van der Waals surface area contributed by atoms with Gasteiger partial charge in [0, 0.05) is 31.8 Å². The molecule has 0 radical (unpaired) electrons. The monoisotopic (exact) mass is 344 g/mol. The van der Waals surface area contributed by atoms with Crippen LogP contribution in [0.1, 0.15) is 47.8 Å². The highest BCUT2D eigenvalue weighted by molar-refractivity contribution is 8.07. The summed E-state index contributed by atoms with van der Waals surface area (Å²) in [6.45, 7) is 2.37. The van der Waals surface area contributed by atoms with E-state index in [0.717, 1.165) is 21.7 Å². The summed E-state index contributed by atoms with van der Waals surface area (Å²) in [5, 5.41) is 3.03. The van der Waals surface area contributed by atoms with Crippen molar-refractivity contribution in [2.24, 2.45) is 5.92 Å². The molecule has 0 bridgehead atoms. The average molecular weight is 345 g/mol. The molecule has 2 saturated heterocycles. The Labute approximate surface area is 145 Å². The molecule has 3 heterocycles. The summed E-state index contributed by atoms with van der Waals surface area (Å²) >= 11 is 6.46. The molecule has 5 atom stereocenters. The number of allylic oxidation sites excluding steroid dienone is 4. The van der Waals surface area contributed by atoms with Crippen molar-refractivity contribution < 1.29 is 0 Å². The summed E-state index contributed by atoms with van der Waals surface area (Å²) in [6, 6.07) is 7.40. The van der Waals surface area contributed by atoms with Crippen molar-refractivity contribution in [3.63, 3.8) is 0 Å². The second kappa shape index (κ2) is 5.39. The zero-order valence-electron chi connectivity index (χ0n) is 12.7. The Morgan fingerprint density at radius 3 is 2.95 bits per heavy atom. The fraction of sp³-hybridized carbons (Fsp3) is 0.474. The Kier molecular flexibility index (Phi) is 3.46. The smallest absolute Gasteiger partial charge is 0.0480 e. The van der Waals surface area contributed by atoms with Crippen molar-refractivity contribution >= 4 is 35.3 Å². The summed E-state index contributed by atoms with van der Waals surface area (Å²) in [5.74, 6) is 0.765. The van der Waals surface area contributed by atoms with E-state index in [2.05, 4.69) is 78.6 Å². The van der Waals surface area contributed by atoms with E-state index in [-0.39, 0.29) is 0 Å². The molecule has 114 valence electrons. The molecule has 2 fully saturated rings. The van der Waals surface area contributed by atoms with Crippen LogP contribution in [0.5, 0.6) is 0 Å². The summed E-state index contributed by atoms with van der Waals surface area (Å²) in [4.78, 5) is 3.20. The lowest BCUT2D eigenvalue weighted by Crippen LogP contribution is -2.13. The third-order valence-electron chi connectivity index (χ3n) is 5.32. The fourth-order valence-electron chi connectivity index (χ4n) is 4.14. The van der Waals surface area contributed by atoms with E-state index in [0.29, 0.717) is 5.25 Å². The van der Waals surface area contributed by atoms with Gasteiger partial charge in [0.05, 0.1) is 0 Å². The SMILES string of the molecule is CC1CCC(c2ccc3c(c2)SC2C4CC=CC=C4SC32)S1. The molecule has 3 aliphatic heterocycles. The van der Waals surface area contributed by atoms with Crippen LogP contribution in [-0.2, 0) is 0 Å². The number of fused-ring (bicyclic) bond motifs is 5. The van der Waals surface area contributed by atoms with Crippen LogP contribution >= 0.6 is 35.3 Å². The first-order valence-corrected chi connectivity index (χ1v) is 11.0. The molecule has 5 unspecified atom stereocenters. The van der Waals surface area contributed by atoms with Gasteiger partial charge in [-0.2, -0.15) is 11.8 Å². The molecule has 1 aromatic carbocycles. The Balaban J connectivity index is 1.45. The van der Waals surface area contributed by atoms with Crippen LogP contribution in [0.4, 0.5) is 0 Å². The molecule has 1 aromatic rings. The lowest BCUT2D eigenvalue weighted by Gasteiger charge is -2.17. The first kappa shape index (κ1) is 14.1. The van der Waals surface area contributed by atoms with Gasteiger partial charge in [-0.25, -0.2) is 0 Å². The van der Waals surface area contributed by atoms with E-state index < -0.39 is 0 Å². The second-order valence-electron chi connectivity index (χ2n) is 6.77. The Bertz CT molecular complexity index is 675. The average Bonchev–Trinajstić information content (AvgIpc) is 3.20. The summed E-state index contributed by atoms with van der Waals surface area (Å²) in [5.41, 5.74) is 3.18. The van der Waals surface area contributed by atoms with Crippen molar-refractivity contribution in [3.05, 3.63) is 52.5 Å². The third kappa shape index (κ3) is 2.16. The fourth-order valence-corrected chi connectivity index (χ4v) is 9.09. The topological polar surface area (TPSA) is 0 Å².